The van der Waals surface area contributed by atoms with E-state index in [0.29, 0.717) is 13.2 Å². The fraction of sp³-hybridized carbons (Fsp3) is 0.500. The van der Waals surface area contributed by atoms with E-state index in [-0.39, 0.29) is 5.91 Å². The van der Waals surface area contributed by atoms with E-state index in [1.54, 1.807) is 7.11 Å². The highest BCUT2D eigenvalue weighted by Crippen LogP contribution is 2.18. The second kappa shape index (κ2) is 7.84. The molecule has 4 nitrogen and oxygen atoms in total. The second-order valence-corrected chi connectivity index (χ2v) is 4.34. The topological polar surface area (TPSA) is 50.4 Å². The summed E-state index contributed by atoms with van der Waals surface area (Å²) in [7, 11) is 1.67. The minimum absolute atomic E-state index is 0.00943. The Morgan fingerprint density at radius 3 is 2.56 bits per heavy atom. The van der Waals surface area contributed by atoms with Crippen LogP contribution in [0, 0.1) is 13.8 Å². The zero-order chi connectivity index (χ0) is 13.4. The van der Waals surface area contributed by atoms with Gasteiger partial charge in [-0.05, 0) is 37.9 Å². The molecule has 100 valence electrons. The third kappa shape index (κ3) is 4.85. The number of hydrogen-bond donors (Lipinski definition) is 2. The first-order chi connectivity index (χ1) is 8.65. The Morgan fingerprint density at radius 2 is 1.94 bits per heavy atom. The summed E-state index contributed by atoms with van der Waals surface area (Å²) in [4.78, 5) is 11.7. The van der Waals surface area contributed by atoms with Crippen LogP contribution in [-0.4, -0.2) is 32.7 Å². The number of anilines is 1. The van der Waals surface area contributed by atoms with E-state index < -0.39 is 0 Å². The van der Waals surface area contributed by atoms with Crippen molar-refractivity contribution in [2.45, 2.75) is 20.3 Å². The van der Waals surface area contributed by atoms with Crippen LogP contribution in [0.1, 0.15) is 17.5 Å². The van der Waals surface area contributed by atoms with E-state index in [4.69, 9.17) is 4.74 Å². The molecule has 1 amide bonds. The Hall–Kier alpha value is -1.39. The number of benzene rings is 1. The largest absolute Gasteiger partial charge is 0.385 e. The van der Waals surface area contributed by atoms with Crippen molar-refractivity contribution in [3.05, 3.63) is 29.3 Å². The van der Waals surface area contributed by atoms with Gasteiger partial charge in [-0.1, -0.05) is 18.2 Å². The average molecular weight is 250 g/mol. The zero-order valence-corrected chi connectivity index (χ0v) is 11.4. The maximum absolute atomic E-state index is 11.7. The Kier molecular flexibility index (Phi) is 6.39. The lowest BCUT2D eigenvalue weighted by atomic mass is 10.1. The molecule has 18 heavy (non-hydrogen) atoms. The van der Waals surface area contributed by atoms with Crippen molar-refractivity contribution in [2.24, 2.45) is 0 Å². The van der Waals surface area contributed by atoms with Gasteiger partial charge in [-0.2, -0.15) is 0 Å². The average Bonchev–Trinajstić information content (AvgIpc) is 2.34. The summed E-state index contributed by atoms with van der Waals surface area (Å²) in [5.74, 6) is -0.00943. The molecule has 0 aromatic heterocycles. The molecule has 0 unspecified atom stereocenters. The van der Waals surface area contributed by atoms with Crippen LogP contribution in [0.25, 0.3) is 0 Å². The Labute approximate surface area is 109 Å². The van der Waals surface area contributed by atoms with Crippen LogP contribution in [0.3, 0.4) is 0 Å². The van der Waals surface area contributed by atoms with Gasteiger partial charge >= 0.3 is 0 Å². The monoisotopic (exact) mass is 250 g/mol. The number of nitrogens with one attached hydrogen (secondary N) is 2. The van der Waals surface area contributed by atoms with Gasteiger partial charge in [-0.3, -0.25) is 4.79 Å². The summed E-state index contributed by atoms with van der Waals surface area (Å²) >= 11 is 0. The van der Waals surface area contributed by atoms with Crippen LogP contribution in [0.15, 0.2) is 18.2 Å². The number of carbonyl (C=O) groups is 1. The zero-order valence-electron chi connectivity index (χ0n) is 11.4. The minimum Gasteiger partial charge on any atom is -0.385 e. The molecule has 2 N–H and O–H groups in total. The number of amides is 1. The number of carbonyl (C=O) groups excluding carboxylic acids is 1. The third-order valence-corrected chi connectivity index (χ3v) is 2.73. The standard InChI is InChI=1S/C14H22N2O2/c1-11-6-4-7-12(2)14(11)16-13(17)10-15-8-5-9-18-3/h4,6-7,15H,5,8-10H2,1-3H3,(H,16,17). The fourth-order valence-electron chi connectivity index (χ4n) is 1.74. The third-order valence-electron chi connectivity index (χ3n) is 2.73. The van der Waals surface area contributed by atoms with Crippen molar-refractivity contribution < 1.29 is 9.53 Å². The molecule has 0 saturated heterocycles. The molecule has 0 radical (unpaired) electrons. The summed E-state index contributed by atoms with van der Waals surface area (Å²) in [5, 5.41) is 6.02. The van der Waals surface area contributed by atoms with Gasteiger partial charge in [0.15, 0.2) is 0 Å². The normalized spacial score (nSPS) is 10.4. The summed E-state index contributed by atoms with van der Waals surface area (Å²) in [6.45, 7) is 5.82. The number of para-hydroxylation sites is 1. The molecule has 4 heteroatoms. The molecule has 0 fully saturated rings. The van der Waals surface area contributed by atoms with Crippen molar-refractivity contribution in [3.63, 3.8) is 0 Å². The lowest BCUT2D eigenvalue weighted by Crippen LogP contribution is -2.29. The van der Waals surface area contributed by atoms with Crippen LogP contribution < -0.4 is 10.6 Å². The molecule has 0 bridgehead atoms. The first-order valence-electron chi connectivity index (χ1n) is 6.21. The van der Waals surface area contributed by atoms with Gasteiger partial charge < -0.3 is 15.4 Å². The van der Waals surface area contributed by atoms with Crippen LogP contribution in [0.5, 0.6) is 0 Å². The van der Waals surface area contributed by atoms with Crippen LogP contribution in [0.2, 0.25) is 0 Å². The molecular weight excluding hydrogens is 228 g/mol. The quantitative estimate of drug-likeness (QED) is 0.726. The molecule has 0 spiro atoms. The first kappa shape index (κ1) is 14.7. The van der Waals surface area contributed by atoms with Crippen LogP contribution >= 0.6 is 0 Å². The van der Waals surface area contributed by atoms with Gasteiger partial charge in [0.25, 0.3) is 0 Å². The van der Waals surface area contributed by atoms with Crippen molar-refractivity contribution >= 4 is 11.6 Å². The highest BCUT2D eigenvalue weighted by atomic mass is 16.5. The van der Waals surface area contributed by atoms with E-state index >= 15 is 0 Å². The van der Waals surface area contributed by atoms with E-state index in [1.807, 2.05) is 32.0 Å². The molecule has 0 aliphatic carbocycles. The molecule has 0 aliphatic heterocycles. The van der Waals surface area contributed by atoms with E-state index in [9.17, 15) is 4.79 Å². The highest BCUT2D eigenvalue weighted by molar-refractivity contribution is 5.93. The SMILES string of the molecule is COCCCNCC(=O)Nc1c(C)cccc1C. The smallest absolute Gasteiger partial charge is 0.238 e. The van der Waals surface area contributed by atoms with Crippen molar-refractivity contribution in [2.75, 3.05) is 32.1 Å². The Balaban J connectivity index is 2.36. The number of methoxy groups -OCH3 is 1. The summed E-state index contributed by atoms with van der Waals surface area (Å²) in [5.41, 5.74) is 3.09. The van der Waals surface area contributed by atoms with Gasteiger partial charge in [0.1, 0.15) is 0 Å². The lowest BCUT2D eigenvalue weighted by Gasteiger charge is -2.11. The van der Waals surface area contributed by atoms with Gasteiger partial charge in [0.2, 0.25) is 5.91 Å². The van der Waals surface area contributed by atoms with Gasteiger partial charge in [-0.15, -0.1) is 0 Å². The lowest BCUT2D eigenvalue weighted by molar-refractivity contribution is -0.115. The maximum atomic E-state index is 11.7. The predicted molar refractivity (Wildman–Crippen MR) is 73.9 cm³/mol. The van der Waals surface area contributed by atoms with Crippen LogP contribution in [0.4, 0.5) is 5.69 Å². The van der Waals surface area contributed by atoms with E-state index in [2.05, 4.69) is 10.6 Å². The molecule has 1 rings (SSSR count). The van der Waals surface area contributed by atoms with Crippen molar-refractivity contribution in [3.8, 4) is 0 Å². The number of hydrogen-bond acceptors (Lipinski definition) is 3. The molecule has 0 saturated carbocycles. The van der Waals surface area contributed by atoms with Crippen molar-refractivity contribution in [1.29, 1.82) is 0 Å². The predicted octanol–water partition coefficient (Wildman–Crippen LogP) is 1.87. The molecule has 0 aliphatic rings. The Bertz CT molecular complexity index is 371. The molecule has 1 aromatic carbocycles. The number of ether oxygens (including phenoxy) is 1. The molecule has 1 aromatic rings. The summed E-state index contributed by atoms with van der Waals surface area (Å²) in [6.07, 6.45) is 0.910. The van der Waals surface area contributed by atoms with E-state index in [1.165, 1.54) is 0 Å². The van der Waals surface area contributed by atoms with Crippen LogP contribution in [-0.2, 0) is 9.53 Å². The number of aryl methyl sites for hydroxylation is 2. The van der Waals surface area contributed by atoms with Crippen molar-refractivity contribution in [1.82, 2.24) is 5.32 Å². The minimum atomic E-state index is -0.00943. The van der Waals surface area contributed by atoms with Gasteiger partial charge in [-0.25, -0.2) is 0 Å². The summed E-state index contributed by atoms with van der Waals surface area (Å²) in [6, 6.07) is 5.98. The summed E-state index contributed by atoms with van der Waals surface area (Å²) < 4.78 is 4.94. The molecular formula is C14H22N2O2. The fourth-order valence-corrected chi connectivity index (χ4v) is 1.74. The first-order valence-corrected chi connectivity index (χ1v) is 6.21. The van der Waals surface area contributed by atoms with E-state index in [0.717, 1.165) is 29.8 Å². The number of rotatable bonds is 7. The van der Waals surface area contributed by atoms with Gasteiger partial charge in [0, 0.05) is 19.4 Å². The highest BCUT2D eigenvalue weighted by Gasteiger charge is 2.06. The molecule has 0 atom stereocenters. The molecule has 0 heterocycles. The van der Waals surface area contributed by atoms with Gasteiger partial charge in [0.05, 0.1) is 6.54 Å². The Morgan fingerprint density at radius 1 is 1.28 bits per heavy atom. The maximum Gasteiger partial charge on any atom is 0.238 e. The second-order valence-electron chi connectivity index (χ2n) is 4.34.